The maximum Gasteiger partial charge on any atom is 0.137 e. The third-order valence-electron chi connectivity index (χ3n) is 2.29. The van der Waals surface area contributed by atoms with Gasteiger partial charge in [0.05, 0.1) is 11.0 Å². The molecule has 1 atom stereocenters. The summed E-state index contributed by atoms with van der Waals surface area (Å²) in [6, 6.07) is 10.2. The molecule has 4 heteroatoms. The fourth-order valence-corrected chi connectivity index (χ4v) is 2.47. The molecule has 0 spiro atoms. The Balaban J connectivity index is 2.38. The van der Waals surface area contributed by atoms with Crippen molar-refractivity contribution in [3.8, 4) is 0 Å². The smallest absolute Gasteiger partial charge is 0.137 e. The number of hydrogen-bond acceptors (Lipinski definition) is 3. The van der Waals surface area contributed by atoms with Gasteiger partial charge >= 0.3 is 0 Å². The molecule has 0 saturated heterocycles. The molecule has 0 radical (unpaired) electrons. The van der Waals surface area contributed by atoms with Crippen LogP contribution in [0, 0.1) is 5.82 Å². The predicted molar refractivity (Wildman–Crippen MR) is 65.4 cm³/mol. The van der Waals surface area contributed by atoms with Crippen LogP contribution >= 0.6 is 11.8 Å². The third kappa shape index (κ3) is 2.84. The molecule has 1 heterocycles. The van der Waals surface area contributed by atoms with Crippen molar-refractivity contribution in [2.75, 3.05) is 0 Å². The van der Waals surface area contributed by atoms with Crippen molar-refractivity contribution in [3.05, 3.63) is 54.0 Å². The largest absolute Gasteiger partial charge is 0.389 e. The Kier molecular flexibility index (Phi) is 3.76. The first-order valence-corrected chi connectivity index (χ1v) is 6.05. The van der Waals surface area contributed by atoms with Crippen LogP contribution in [0.1, 0.15) is 18.6 Å². The minimum atomic E-state index is -0.697. The number of pyridine rings is 1. The van der Waals surface area contributed by atoms with E-state index in [9.17, 15) is 9.50 Å². The highest BCUT2D eigenvalue weighted by Gasteiger charge is 2.13. The van der Waals surface area contributed by atoms with Crippen LogP contribution in [0.5, 0.6) is 0 Å². The van der Waals surface area contributed by atoms with Crippen LogP contribution in [0.2, 0.25) is 0 Å². The van der Waals surface area contributed by atoms with Gasteiger partial charge in [-0.15, -0.1) is 0 Å². The van der Waals surface area contributed by atoms with Crippen molar-refractivity contribution < 1.29 is 9.50 Å². The van der Waals surface area contributed by atoms with Gasteiger partial charge in [-0.25, -0.2) is 9.37 Å². The summed E-state index contributed by atoms with van der Waals surface area (Å²) in [5.74, 6) is -0.334. The average Bonchev–Trinajstić information content (AvgIpc) is 2.33. The topological polar surface area (TPSA) is 33.1 Å². The van der Waals surface area contributed by atoms with E-state index in [0.717, 1.165) is 0 Å². The molecular weight excluding hydrogens is 237 g/mol. The van der Waals surface area contributed by atoms with Gasteiger partial charge in [0.15, 0.2) is 0 Å². The van der Waals surface area contributed by atoms with Crippen LogP contribution in [-0.2, 0) is 0 Å². The molecule has 17 heavy (non-hydrogen) atoms. The van der Waals surface area contributed by atoms with E-state index in [4.69, 9.17) is 0 Å². The molecule has 2 aromatic rings. The number of nitrogens with zero attached hydrogens (tertiary/aromatic N) is 1. The SMILES string of the molecule is C[C@@H](O)c1cccc(F)c1Sc1ccccn1. The summed E-state index contributed by atoms with van der Waals surface area (Å²) in [5.41, 5.74) is 0.584. The minimum absolute atomic E-state index is 0.334. The predicted octanol–water partition coefficient (Wildman–Crippen LogP) is 3.43. The number of aliphatic hydroxyl groups excluding tert-OH is 1. The molecule has 2 nitrogen and oxygen atoms in total. The van der Waals surface area contributed by atoms with Crippen LogP contribution in [0.15, 0.2) is 52.5 Å². The fourth-order valence-electron chi connectivity index (χ4n) is 1.47. The van der Waals surface area contributed by atoms with Gasteiger partial charge in [0.25, 0.3) is 0 Å². The van der Waals surface area contributed by atoms with Gasteiger partial charge < -0.3 is 5.11 Å². The van der Waals surface area contributed by atoms with Crippen LogP contribution < -0.4 is 0 Å². The van der Waals surface area contributed by atoms with E-state index < -0.39 is 6.10 Å². The van der Waals surface area contributed by atoms with Crippen molar-refractivity contribution in [2.24, 2.45) is 0 Å². The van der Waals surface area contributed by atoms with Crippen LogP contribution in [-0.4, -0.2) is 10.1 Å². The summed E-state index contributed by atoms with van der Waals surface area (Å²) in [7, 11) is 0. The number of hydrogen-bond donors (Lipinski definition) is 1. The van der Waals surface area contributed by atoms with Crippen LogP contribution in [0.25, 0.3) is 0 Å². The zero-order valence-electron chi connectivity index (χ0n) is 9.30. The van der Waals surface area contributed by atoms with Gasteiger partial charge in [-0.3, -0.25) is 0 Å². The summed E-state index contributed by atoms with van der Waals surface area (Å²) < 4.78 is 13.7. The molecule has 2 rings (SSSR count). The van der Waals surface area contributed by atoms with Gasteiger partial charge in [-0.05, 0) is 30.7 Å². The Morgan fingerprint density at radius 3 is 2.71 bits per heavy atom. The standard InChI is InChI=1S/C13H12FNOS/c1-9(16)10-5-4-6-11(14)13(10)17-12-7-2-3-8-15-12/h2-9,16H,1H3/t9-/m1/s1. The molecular formula is C13H12FNOS. The Labute approximate surface area is 104 Å². The molecule has 1 aromatic carbocycles. The van der Waals surface area contributed by atoms with Crippen molar-refractivity contribution in [1.82, 2.24) is 4.98 Å². The molecule has 0 amide bonds. The monoisotopic (exact) mass is 249 g/mol. The number of aliphatic hydroxyl groups is 1. The zero-order valence-corrected chi connectivity index (χ0v) is 10.1. The van der Waals surface area contributed by atoms with Crippen molar-refractivity contribution in [1.29, 1.82) is 0 Å². The van der Waals surface area contributed by atoms with Crippen LogP contribution in [0.4, 0.5) is 4.39 Å². The molecule has 0 bridgehead atoms. The van der Waals surface area contributed by atoms with Gasteiger partial charge in [0.1, 0.15) is 10.8 Å². The lowest BCUT2D eigenvalue weighted by Crippen LogP contribution is -1.96. The van der Waals surface area contributed by atoms with E-state index in [-0.39, 0.29) is 5.82 Å². The average molecular weight is 249 g/mol. The minimum Gasteiger partial charge on any atom is -0.389 e. The molecule has 1 N–H and O–H groups in total. The van der Waals surface area contributed by atoms with E-state index in [1.807, 2.05) is 12.1 Å². The van der Waals surface area contributed by atoms with E-state index in [0.29, 0.717) is 15.5 Å². The molecule has 0 aliphatic carbocycles. The normalized spacial score (nSPS) is 12.4. The molecule has 0 saturated carbocycles. The summed E-state index contributed by atoms with van der Waals surface area (Å²) in [6.45, 7) is 1.62. The third-order valence-corrected chi connectivity index (χ3v) is 3.38. The molecule has 0 unspecified atom stereocenters. The lowest BCUT2D eigenvalue weighted by atomic mass is 10.1. The lowest BCUT2D eigenvalue weighted by molar-refractivity contribution is 0.195. The Morgan fingerprint density at radius 2 is 2.06 bits per heavy atom. The second kappa shape index (κ2) is 5.29. The first-order chi connectivity index (χ1) is 8.18. The molecule has 1 aromatic heterocycles. The van der Waals surface area contributed by atoms with Gasteiger partial charge in [-0.2, -0.15) is 0 Å². The zero-order chi connectivity index (χ0) is 12.3. The van der Waals surface area contributed by atoms with E-state index >= 15 is 0 Å². The lowest BCUT2D eigenvalue weighted by Gasteiger charge is -2.11. The highest BCUT2D eigenvalue weighted by molar-refractivity contribution is 7.99. The van der Waals surface area contributed by atoms with Crippen molar-refractivity contribution in [2.45, 2.75) is 22.9 Å². The molecule has 88 valence electrons. The maximum atomic E-state index is 13.7. The van der Waals surface area contributed by atoms with Crippen molar-refractivity contribution in [3.63, 3.8) is 0 Å². The van der Waals surface area contributed by atoms with Crippen LogP contribution in [0.3, 0.4) is 0 Å². The summed E-state index contributed by atoms with van der Waals surface area (Å²) in [6.07, 6.45) is 0.961. The Morgan fingerprint density at radius 1 is 1.24 bits per heavy atom. The Bertz CT molecular complexity index is 502. The number of halogens is 1. The number of benzene rings is 1. The quantitative estimate of drug-likeness (QED) is 0.904. The molecule has 0 fully saturated rings. The van der Waals surface area contributed by atoms with Gasteiger partial charge in [0, 0.05) is 6.20 Å². The first kappa shape index (κ1) is 12.1. The second-order valence-electron chi connectivity index (χ2n) is 3.60. The molecule has 0 aliphatic rings. The van der Waals surface area contributed by atoms with Gasteiger partial charge in [0.2, 0.25) is 0 Å². The highest BCUT2D eigenvalue weighted by atomic mass is 32.2. The van der Waals surface area contributed by atoms with Crippen molar-refractivity contribution >= 4 is 11.8 Å². The molecule has 0 aliphatic heterocycles. The summed E-state index contributed by atoms with van der Waals surface area (Å²) >= 11 is 1.22. The second-order valence-corrected chi connectivity index (χ2v) is 4.63. The number of aromatic nitrogens is 1. The van der Waals surface area contributed by atoms with E-state index in [1.165, 1.54) is 17.8 Å². The maximum absolute atomic E-state index is 13.7. The Hall–Kier alpha value is -1.39. The van der Waals surface area contributed by atoms with Gasteiger partial charge in [-0.1, -0.05) is 30.0 Å². The highest BCUT2D eigenvalue weighted by Crippen LogP contribution is 2.34. The first-order valence-electron chi connectivity index (χ1n) is 5.24. The van der Waals surface area contributed by atoms with E-state index in [1.54, 1.807) is 31.3 Å². The van der Waals surface area contributed by atoms with E-state index in [2.05, 4.69) is 4.98 Å². The number of rotatable bonds is 3. The fraction of sp³-hybridized carbons (Fsp3) is 0.154. The summed E-state index contributed by atoms with van der Waals surface area (Å²) in [4.78, 5) is 4.56. The summed E-state index contributed by atoms with van der Waals surface area (Å²) in [5, 5.41) is 10.3.